The standard InChI is InChI=1S/C29H33Cl2N3O6/c1-17(2)40-29(37)24-19(4)32-18(3)23(25(24)20-7-5-8-21(30)26(20)31)28(36)39-16-14-33-10-12-34(13-11-33)27(35)22-9-6-15-38-22/h5-9,15,17,24-25H,10-14,16H2,1-4H3. The second-order valence-electron chi connectivity index (χ2n) is 10.1. The van der Waals surface area contributed by atoms with Crippen LogP contribution in [0.3, 0.4) is 0 Å². The summed E-state index contributed by atoms with van der Waals surface area (Å²) in [6.07, 6.45) is 1.13. The lowest BCUT2D eigenvalue weighted by Crippen LogP contribution is -2.49. The number of carbonyl (C=O) groups is 3. The maximum Gasteiger partial charge on any atom is 0.336 e. The van der Waals surface area contributed by atoms with Crippen molar-refractivity contribution in [1.82, 2.24) is 9.80 Å². The van der Waals surface area contributed by atoms with Crippen LogP contribution in [-0.4, -0.2) is 78.8 Å². The van der Waals surface area contributed by atoms with Gasteiger partial charge in [-0.2, -0.15) is 0 Å². The number of benzene rings is 1. The number of allylic oxidation sites excluding steroid dienone is 1. The van der Waals surface area contributed by atoms with Crippen molar-refractivity contribution < 1.29 is 28.3 Å². The van der Waals surface area contributed by atoms with Gasteiger partial charge in [-0.1, -0.05) is 35.3 Å². The zero-order valence-electron chi connectivity index (χ0n) is 23.0. The average Bonchev–Trinajstić information content (AvgIpc) is 3.44. The maximum atomic E-state index is 13.5. The first-order valence-corrected chi connectivity index (χ1v) is 14.0. The number of furan rings is 1. The minimum Gasteiger partial charge on any atom is -0.462 e. The number of aliphatic imine (C=N–C) groups is 1. The van der Waals surface area contributed by atoms with Crippen LogP contribution in [0.1, 0.15) is 49.7 Å². The SMILES string of the molecule is CC1=NC(C)=C(C(=O)OCCN2CCN(C(=O)c3ccco3)CC2)C(c2cccc(Cl)c2Cl)C1C(=O)OC(C)C. The molecule has 1 amide bonds. The van der Waals surface area contributed by atoms with Crippen LogP contribution in [0.5, 0.6) is 0 Å². The second-order valence-corrected chi connectivity index (χ2v) is 10.9. The quantitative estimate of drug-likeness (QED) is 0.400. The summed E-state index contributed by atoms with van der Waals surface area (Å²) in [5, 5.41) is 0.566. The molecule has 2 aliphatic heterocycles. The van der Waals surface area contributed by atoms with Crippen molar-refractivity contribution >= 4 is 46.8 Å². The molecule has 0 aliphatic carbocycles. The van der Waals surface area contributed by atoms with Crippen LogP contribution in [0.25, 0.3) is 0 Å². The molecule has 1 saturated heterocycles. The van der Waals surface area contributed by atoms with Gasteiger partial charge in [0.25, 0.3) is 5.91 Å². The Morgan fingerprint density at radius 3 is 2.45 bits per heavy atom. The zero-order valence-corrected chi connectivity index (χ0v) is 24.5. The van der Waals surface area contributed by atoms with Gasteiger partial charge < -0.3 is 18.8 Å². The molecule has 2 unspecified atom stereocenters. The summed E-state index contributed by atoms with van der Waals surface area (Å²) in [5.41, 5.74) is 1.73. The van der Waals surface area contributed by atoms with Gasteiger partial charge in [0, 0.05) is 50.1 Å². The third-order valence-corrected chi connectivity index (χ3v) is 7.84. The molecule has 0 saturated carbocycles. The van der Waals surface area contributed by atoms with E-state index in [1.54, 1.807) is 62.9 Å². The molecule has 214 valence electrons. The van der Waals surface area contributed by atoms with E-state index in [9.17, 15) is 14.4 Å². The third-order valence-electron chi connectivity index (χ3n) is 7.00. The van der Waals surface area contributed by atoms with Crippen molar-refractivity contribution in [3.8, 4) is 0 Å². The first-order chi connectivity index (χ1) is 19.1. The zero-order chi connectivity index (χ0) is 29.0. The summed E-state index contributed by atoms with van der Waals surface area (Å²) in [6, 6.07) is 8.46. The van der Waals surface area contributed by atoms with Crippen LogP contribution >= 0.6 is 23.2 Å². The van der Waals surface area contributed by atoms with Crippen LogP contribution in [0, 0.1) is 5.92 Å². The lowest BCUT2D eigenvalue weighted by Gasteiger charge is -2.34. The summed E-state index contributed by atoms with van der Waals surface area (Å²) in [6.45, 7) is 9.95. The predicted molar refractivity (Wildman–Crippen MR) is 152 cm³/mol. The van der Waals surface area contributed by atoms with Crippen molar-refractivity contribution in [3.63, 3.8) is 0 Å². The van der Waals surface area contributed by atoms with Gasteiger partial charge in [0.1, 0.15) is 12.5 Å². The Morgan fingerprint density at radius 2 is 1.80 bits per heavy atom. The highest BCUT2D eigenvalue weighted by atomic mass is 35.5. The van der Waals surface area contributed by atoms with Crippen molar-refractivity contribution in [3.05, 3.63) is 69.2 Å². The molecule has 11 heteroatoms. The number of esters is 2. The fraction of sp³-hybridized carbons (Fsp3) is 0.448. The number of nitrogens with zero attached hydrogens (tertiary/aromatic N) is 3. The van der Waals surface area contributed by atoms with Gasteiger partial charge in [0.2, 0.25) is 0 Å². The molecular weight excluding hydrogens is 557 g/mol. The maximum absolute atomic E-state index is 13.5. The van der Waals surface area contributed by atoms with E-state index in [0.29, 0.717) is 60.5 Å². The van der Waals surface area contributed by atoms with Crippen LogP contribution in [0.4, 0.5) is 0 Å². The molecule has 9 nitrogen and oxygen atoms in total. The molecule has 1 aromatic carbocycles. The number of rotatable bonds is 8. The average molecular weight is 591 g/mol. The van der Waals surface area contributed by atoms with Gasteiger partial charge in [0.05, 0.1) is 28.0 Å². The lowest BCUT2D eigenvalue weighted by molar-refractivity contribution is -0.150. The minimum absolute atomic E-state index is 0.127. The van der Waals surface area contributed by atoms with E-state index < -0.39 is 23.8 Å². The van der Waals surface area contributed by atoms with Gasteiger partial charge in [-0.25, -0.2) is 4.79 Å². The first-order valence-electron chi connectivity index (χ1n) is 13.2. The number of hydrogen-bond donors (Lipinski definition) is 0. The normalized spacial score (nSPS) is 20.0. The molecule has 0 spiro atoms. The van der Waals surface area contributed by atoms with Gasteiger partial charge in [-0.15, -0.1) is 0 Å². The Bertz CT molecular complexity index is 1310. The van der Waals surface area contributed by atoms with Crippen molar-refractivity contribution in [2.75, 3.05) is 39.3 Å². The van der Waals surface area contributed by atoms with Crippen LogP contribution < -0.4 is 0 Å². The molecule has 40 heavy (non-hydrogen) atoms. The Kier molecular flexibility index (Phi) is 9.71. The fourth-order valence-electron chi connectivity index (χ4n) is 5.09. The molecule has 0 radical (unpaired) electrons. The molecule has 4 rings (SSSR count). The van der Waals surface area contributed by atoms with Crippen molar-refractivity contribution in [2.24, 2.45) is 10.9 Å². The van der Waals surface area contributed by atoms with Crippen LogP contribution in [0.15, 0.2) is 57.3 Å². The van der Waals surface area contributed by atoms with E-state index in [-0.39, 0.29) is 29.2 Å². The summed E-state index contributed by atoms with van der Waals surface area (Å²) in [5.74, 6) is -2.55. The van der Waals surface area contributed by atoms with Crippen molar-refractivity contribution in [1.29, 1.82) is 0 Å². The summed E-state index contributed by atoms with van der Waals surface area (Å²) >= 11 is 12.9. The lowest BCUT2D eigenvalue weighted by atomic mass is 9.75. The highest BCUT2D eigenvalue weighted by molar-refractivity contribution is 6.42. The number of amides is 1. The molecule has 3 heterocycles. The monoisotopic (exact) mass is 589 g/mol. The van der Waals surface area contributed by atoms with E-state index in [4.69, 9.17) is 37.1 Å². The molecular formula is C29H33Cl2N3O6. The highest BCUT2D eigenvalue weighted by Gasteiger charge is 2.43. The van der Waals surface area contributed by atoms with Gasteiger partial charge in [-0.3, -0.25) is 19.5 Å². The molecule has 0 bridgehead atoms. The minimum atomic E-state index is -0.871. The number of piperazine rings is 1. The summed E-state index contributed by atoms with van der Waals surface area (Å²) in [4.78, 5) is 47.7. The Morgan fingerprint density at radius 1 is 1.07 bits per heavy atom. The Hall–Kier alpha value is -3.14. The molecule has 1 aromatic heterocycles. The highest BCUT2D eigenvalue weighted by Crippen LogP contribution is 2.44. The van der Waals surface area contributed by atoms with Crippen LogP contribution in [-0.2, 0) is 19.1 Å². The molecule has 1 fully saturated rings. The smallest absolute Gasteiger partial charge is 0.336 e. The second kappa shape index (κ2) is 13.0. The fourth-order valence-corrected chi connectivity index (χ4v) is 5.51. The van der Waals surface area contributed by atoms with E-state index >= 15 is 0 Å². The third kappa shape index (κ3) is 6.59. The van der Waals surface area contributed by atoms with Crippen molar-refractivity contribution in [2.45, 2.75) is 39.7 Å². The number of carbonyl (C=O) groups excluding carboxylic acids is 3. The van der Waals surface area contributed by atoms with E-state index in [1.807, 2.05) is 0 Å². The topological polar surface area (TPSA) is 102 Å². The molecule has 2 atom stereocenters. The van der Waals surface area contributed by atoms with Gasteiger partial charge in [-0.05, 0) is 51.5 Å². The number of halogens is 2. The molecule has 2 aliphatic rings. The summed E-state index contributed by atoms with van der Waals surface area (Å²) < 4.78 is 16.5. The number of ether oxygens (including phenoxy) is 2. The predicted octanol–water partition coefficient (Wildman–Crippen LogP) is 4.99. The van der Waals surface area contributed by atoms with Gasteiger partial charge in [0.15, 0.2) is 5.76 Å². The molecule has 2 aromatic rings. The largest absolute Gasteiger partial charge is 0.462 e. The molecule has 0 N–H and O–H groups in total. The van der Waals surface area contributed by atoms with E-state index in [0.717, 1.165) is 0 Å². The first kappa shape index (κ1) is 29.8. The van der Waals surface area contributed by atoms with Crippen LogP contribution in [0.2, 0.25) is 10.0 Å². The summed E-state index contributed by atoms with van der Waals surface area (Å²) in [7, 11) is 0. The Balaban J connectivity index is 1.46. The van der Waals surface area contributed by atoms with E-state index in [1.165, 1.54) is 6.26 Å². The van der Waals surface area contributed by atoms with E-state index in [2.05, 4.69) is 9.89 Å². The Labute approximate surface area is 243 Å². The number of hydrogen-bond acceptors (Lipinski definition) is 8. The van der Waals surface area contributed by atoms with Gasteiger partial charge >= 0.3 is 11.9 Å².